The maximum Gasteiger partial charge on any atom is 0.261 e. The van der Waals surface area contributed by atoms with Gasteiger partial charge < -0.3 is 14.8 Å². The largest absolute Gasteiger partial charge is 0.493 e. The number of thiazole rings is 1. The molecule has 0 bridgehead atoms. The van der Waals surface area contributed by atoms with Gasteiger partial charge in [0, 0.05) is 37.4 Å². The second-order valence-corrected chi connectivity index (χ2v) is 7.59. The Morgan fingerprint density at radius 3 is 2.69 bits per heavy atom. The van der Waals surface area contributed by atoms with Crippen molar-refractivity contribution in [2.45, 2.75) is 32.7 Å². The van der Waals surface area contributed by atoms with Gasteiger partial charge >= 0.3 is 0 Å². The first-order chi connectivity index (χ1) is 14.0. The molecule has 3 rings (SSSR count). The topological polar surface area (TPSA) is 95.3 Å². The molecule has 154 valence electrons. The number of nitrogens with one attached hydrogen (secondary N) is 1. The minimum absolute atomic E-state index is 0.0369. The number of fused-ring (bicyclic) bond motifs is 1. The summed E-state index contributed by atoms with van der Waals surface area (Å²) in [6.07, 6.45) is 3.10. The van der Waals surface area contributed by atoms with Gasteiger partial charge in [-0.25, -0.2) is 9.97 Å². The van der Waals surface area contributed by atoms with E-state index in [2.05, 4.69) is 15.3 Å². The third kappa shape index (κ3) is 5.11. The van der Waals surface area contributed by atoms with Gasteiger partial charge in [0.25, 0.3) is 5.56 Å². The number of amides is 1. The number of ether oxygens (including phenoxy) is 2. The fraction of sp³-hybridized carbons (Fsp3) is 0.400. The van der Waals surface area contributed by atoms with Crippen LogP contribution >= 0.6 is 11.3 Å². The lowest BCUT2D eigenvalue weighted by Crippen LogP contribution is -2.26. The summed E-state index contributed by atoms with van der Waals surface area (Å²) in [5.74, 6) is 0.964. The molecule has 1 aromatic carbocycles. The van der Waals surface area contributed by atoms with Gasteiger partial charge in [0.05, 0.1) is 42.2 Å². The zero-order valence-corrected chi connectivity index (χ0v) is 17.5. The number of benzene rings is 1. The van der Waals surface area contributed by atoms with Gasteiger partial charge in [0.2, 0.25) is 5.91 Å². The third-order valence-corrected chi connectivity index (χ3v) is 5.32. The average molecular weight is 417 g/mol. The Bertz CT molecular complexity index is 1060. The van der Waals surface area contributed by atoms with Crippen molar-refractivity contribution in [2.75, 3.05) is 20.8 Å². The summed E-state index contributed by atoms with van der Waals surface area (Å²) >= 11 is 1.60. The van der Waals surface area contributed by atoms with Crippen LogP contribution in [-0.4, -0.2) is 41.2 Å². The van der Waals surface area contributed by atoms with Gasteiger partial charge in [-0.1, -0.05) is 0 Å². The molecule has 0 spiro atoms. The molecule has 0 aliphatic carbocycles. The first-order valence-corrected chi connectivity index (χ1v) is 10.2. The van der Waals surface area contributed by atoms with Crippen LogP contribution in [0.15, 0.2) is 28.6 Å². The minimum atomic E-state index is -0.171. The number of hydrogen-bond donors (Lipinski definition) is 1. The molecule has 29 heavy (non-hydrogen) atoms. The maximum absolute atomic E-state index is 12.7. The molecule has 1 amide bonds. The number of carbonyl (C=O) groups is 1. The molecule has 3 aromatic rings. The fourth-order valence-electron chi connectivity index (χ4n) is 3.00. The van der Waals surface area contributed by atoms with Gasteiger partial charge in [-0.3, -0.25) is 14.2 Å². The summed E-state index contributed by atoms with van der Waals surface area (Å²) in [7, 11) is 3.06. The summed E-state index contributed by atoms with van der Waals surface area (Å²) in [4.78, 5) is 33.4. The molecule has 0 unspecified atom stereocenters. The van der Waals surface area contributed by atoms with Gasteiger partial charge in [-0.2, -0.15) is 0 Å². The lowest BCUT2D eigenvalue weighted by molar-refractivity contribution is -0.121. The standard InChI is InChI=1S/C20H24N4O4S/c1-13-23-14(11-29-13)6-7-21-19(25)5-4-8-24-12-22-16-10-18(28-3)17(27-2)9-15(16)20(24)26/h9-12H,4-8H2,1-3H3,(H,21,25). The van der Waals surface area contributed by atoms with Crippen LogP contribution in [0.3, 0.4) is 0 Å². The van der Waals surface area contributed by atoms with E-state index in [9.17, 15) is 9.59 Å². The van der Waals surface area contributed by atoms with Crippen molar-refractivity contribution in [1.82, 2.24) is 19.9 Å². The van der Waals surface area contributed by atoms with Crippen LogP contribution in [0.5, 0.6) is 11.5 Å². The molecule has 2 heterocycles. The van der Waals surface area contributed by atoms with E-state index in [4.69, 9.17) is 9.47 Å². The van der Waals surface area contributed by atoms with Crippen molar-refractivity contribution >= 4 is 28.1 Å². The second-order valence-electron chi connectivity index (χ2n) is 6.53. The molecule has 2 aromatic heterocycles. The van der Waals surface area contributed by atoms with E-state index >= 15 is 0 Å². The highest BCUT2D eigenvalue weighted by molar-refractivity contribution is 7.09. The lowest BCUT2D eigenvalue weighted by Gasteiger charge is -2.10. The van der Waals surface area contributed by atoms with Gasteiger partial charge in [0.1, 0.15) is 0 Å². The highest BCUT2D eigenvalue weighted by Gasteiger charge is 2.11. The Balaban J connectivity index is 1.55. The Labute approximate surface area is 172 Å². The quantitative estimate of drug-likeness (QED) is 0.575. The fourth-order valence-corrected chi connectivity index (χ4v) is 3.64. The number of rotatable bonds is 9. The highest BCUT2D eigenvalue weighted by atomic mass is 32.1. The van der Waals surface area contributed by atoms with Gasteiger partial charge in [0.15, 0.2) is 11.5 Å². The third-order valence-electron chi connectivity index (χ3n) is 4.50. The first-order valence-electron chi connectivity index (χ1n) is 9.30. The van der Waals surface area contributed by atoms with Crippen molar-refractivity contribution < 1.29 is 14.3 Å². The highest BCUT2D eigenvalue weighted by Crippen LogP contribution is 2.29. The molecule has 8 nitrogen and oxygen atoms in total. The number of methoxy groups -OCH3 is 2. The monoisotopic (exact) mass is 416 g/mol. The predicted octanol–water partition coefficient (Wildman–Crippen LogP) is 2.32. The molecular formula is C20H24N4O4S. The molecule has 9 heteroatoms. The van der Waals surface area contributed by atoms with E-state index in [0.29, 0.717) is 48.3 Å². The molecule has 0 saturated heterocycles. The van der Waals surface area contributed by atoms with E-state index in [1.54, 1.807) is 23.5 Å². The zero-order chi connectivity index (χ0) is 20.8. The van der Waals surface area contributed by atoms with Crippen molar-refractivity contribution in [3.05, 3.63) is 44.9 Å². The Morgan fingerprint density at radius 1 is 1.24 bits per heavy atom. The number of aromatic nitrogens is 3. The van der Waals surface area contributed by atoms with Gasteiger partial charge in [-0.15, -0.1) is 11.3 Å². The first kappa shape index (κ1) is 20.8. The van der Waals surface area contributed by atoms with Crippen LogP contribution in [-0.2, 0) is 17.8 Å². The summed E-state index contributed by atoms with van der Waals surface area (Å²) < 4.78 is 12.0. The SMILES string of the molecule is COc1cc2ncn(CCCC(=O)NCCc3csc(C)n3)c(=O)c2cc1OC. The summed E-state index contributed by atoms with van der Waals surface area (Å²) in [5.41, 5.74) is 1.36. The Kier molecular flexibility index (Phi) is 6.82. The van der Waals surface area contributed by atoms with Crippen LogP contribution in [0.25, 0.3) is 10.9 Å². The van der Waals surface area contributed by atoms with E-state index in [1.165, 1.54) is 25.1 Å². The number of carbonyl (C=O) groups excluding carboxylic acids is 1. The van der Waals surface area contributed by atoms with E-state index < -0.39 is 0 Å². The maximum atomic E-state index is 12.7. The summed E-state index contributed by atoms with van der Waals surface area (Å²) in [5, 5.41) is 6.37. The Morgan fingerprint density at radius 2 is 2.00 bits per heavy atom. The second kappa shape index (κ2) is 9.51. The molecular weight excluding hydrogens is 392 g/mol. The normalized spacial score (nSPS) is 10.9. The number of nitrogens with zero attached hydrogens (tertiary/aromatic N) is 3. The van der Waals surface area contributed by atoms with Crippen molar-refractivity contribution in [1.29, 1.82) is 0 Å². The molecule has 0 atom stereocenters. The number of aryl methyl sites for hydroxylation is 2. The van der Waals surface area contributed by atoms with Crippen molar-refractivity contribution in [2.24, 2.45) is 0 Å². The zero-order valence-electron chi connectivity index (χ0n) is 16.7. The molecule has 0 radical (unpaired) electrons. The molecule has 0 aliphatic heterocycles. The van der Waals surface area contributed by atoms with Crippen molar-refractivity contribution in [3.63, 3.8) is 0 Å². The van der Waals surface area contributed by atoms with Crippen LogP contribution in [0.1, 0.15) is 23.5 Å². The lowest BCUT2D eigenvalue weighted by atomic mass is 10.2. The predicted molar refractivity (Wildman–Crippen MR) is 112 cm³/mol. The van der Waals surface area contributed by atoms with E-state index in [0.717, 1.165) is 17.1 Å². The smallest absolute Gasteiger partial charge is 0.261 e. The molecule has 0 saturated carbocycles. The Hall–Kier alpha value is -2.94. The summed E-state index contributed by atoms with van der Waals surface area (Å²) in [6.45, 7) is 2.93. The minimum Gasteiger partial charge on any atom is -0.493 e. The number of hydrogen-bond acceptors (Lipinski definition) is 7. The van der Waals surface area contributed by atoms with Crippen LogP contribution in [0.2, 0.25) is 0 Å². The molecule has 1 N–H and O–H groups in total. The van der Waals surface area contributed by atoms with Crippen LogP contribution in [0, 0.1) is 6.92 Å². The van der Waals surface area contributed by atoms with Crippen molar-refractivity contribution in [3.8, 4) is 11.5 Å². The molecule has 0 aliphatic rings. The molecule has 0 fully saturated rings. The van der Waals surface area contributed by atoms with Gasteiger partial charge in [-0.05, 0) is 19.4 Å². The van der Waals surface area contributed by atoms with E-state index in [1.807, 2.05) is 12.3 Å². The van der Waals surface area contributed by atoms with Crippen LogP contribution in [0.4, 0.5) is 0 Å². The summed E-state index contributed by atoms with van der Waals surface area (Å²) in [6, 6.07) is 3.31. The van der Waals surface area contributed by atoms with Crippen LogP contribution < -0.4 is 20.3 Å². The van der Waals surface area contributed by atoms with E-state index in [-0.39, 0.29) is 11.5 Å². The average Bonchev–Trinajstić information content (AvgIpc) is 3.13.